The maximum atomic E-state index is 8.81. The molecule has 0 aliphatic heterocycles. The molecular formula is C2H5FO. The van der Waals surface area contributed by atoms with Crippen LogP contribution in [0.4, 0.5) is 4.70 Å². The zero-order chi connectivity index (χ0) is 2.71. The summed E-state index contributed by atoms with van der Waals surface area (Å²) in [6.07, 6.45) is 0.750. The first-order valence-electron chi connectivity index (χ1n) is 0.813. The fourth-order valence-corrected chi connectivity index (χ4v) is 0. The zero-order valence-electron chi connectivity index (χ0n) is 2.39. The highest BCUT2D eigenvalue weighted by atomic mass is 19.0. The normalized spacial score (nSPS) is 3.25. The topological polar surface area (TPSA) is 17.1 Å². The van der Waals surface area contributed by atoms with Crippen LogP contribution in [0.1, 0.15) is 6.92 Å². The summed E-state index contributed by atoms with van der Waals surface area (Å²) < 4.78 is 0. The number of hydrogen-bond acceptors (Lipinski definition) is 1. The van der Waals surface area contributed by atoms with Crippen LogP contribution in [0.25, 0.3) is 0 Å². The summed E-state index contributed by atoms with van der Waals surface area (Å²) >= 11 is 0. The molecule has 4 heavy (non-hydrogen) atoms. The zero-order valence-corrected chi connectivity index (χ0v) is 2.39. The average Bonchev–Trinajstić information content (AvgIpc) is 0.918. The van der Waals surface area contributed by atoms with Crippen LogP contribution in [0, 0.1) is 0 Å². The summed E-state index contributed by atoms with van der Waals surface area (Å²) in [4.78, 5) is 8.81. The van der Waals surface area contributed by atoms with Crippen LogP contribution < -0.4 is 0 Å². The lowest BCUT2D eigenvalue weighted by atomic mass is 11.0. The second kappa shape index (κ2) is 18.5. The number of carbonyl (C=O) groups excluding carboxylic acids is 1. The number of rotatable bonds is 0. The molecule has 2 heteroatoms. The van der Waals surface area contributed by atoms with Crippen molar-refractivity contribution in [2.24, 2.45) is 0 Å². The van der Waals surface area contributed by atoms with Gasteiger partial charge in [0.05, 0.1) is 0 Å². The van der Waals surface area contributed by atoms with Gasteiger partial charge in [-0.1, -0.05) is 0 Å². The number of hydrogen-bond donors (Lipinski definition) is 0. The van der Waals surface area contributed by atoms with Crippen molar-refractivity contribution >= 4 is 6.29 Å². The third-order valence-corrected chi connectivity index (χ3v) is 0. The highest BCUT2D eigenvalue weighted by molar-refractivity contribution is 5.44. The molecule has 0 amide bonds. The first kappa shape index (κ1) is 9.51. The Morgan fingerprint density at radius 3 is 1.75 bits per heavy atom. The largest absolute Gasteiger partial charge is 0.304 e. The van der Waals surface area contributed by atoms with Crippen LogP contribution in [-0.2, 0) is 4.79 Å². The van der Waals surface area contributed by atoms with Crippen molar-refractivity contribution in [2.75, 3.05) is 0 Å². The van der Waals surface area contributed by atoms with E-state index in [0.29, 0.717) is 0 Å². The van der Waals surface area contributed by atoms with Gasteiger partial charge >= 0.3 is 0 Å². The van der Waals surface area contributed by atoms with Gasteiger partial charge in [0.1, 0.15) is 6.29 Å². The molecule has 0 spiro atoms. The summed E-state index contributed by atoms with van der Waals surface area (Å²) in [7, 11) is 0. The van der Waals surface area contributed by atoms with Gasteiger partial charge in [-0.05, 0) is 6.92 Å². The standard InChI is InChI=1S/C2H4O.FH/c1-2-3;/h2H,1H3;1H. The molecular weight excluding hydrogens is 59.0 g/mol. The lowest BCUT2D eigenvalue weighted by Crippen LogP contribution is -1.36. The molecule has 0 aromatic rings. The Kier molecular flexibility index (Phi) is 43.9. The molecule has 0 aromatic heterocycles. The first-order valence-corrected chi connectivity index (χ1v) is 0.813. The van der Waals surface area contributed by atoms with Crippen LogP contribution in [0.5, 0.6) is 0 Å². The Balaban J connectivity index is 0. The summed E-state index contributed by atoms with van der Waals surface area (Å²) in [6, 6.07) is 0. The van der Waals surface area contributed by atoms with Crippen molar-refractivity contribution in [1.29, 1.82) is 0 Å². The summed E-state index contributed by atoms with van der Waals surface area (Å²) in [6.45, 7) is 1.44. The van der Waals surface area contributed by atoms with Crippen LogP contribution in [0.2, 0.25) is 0 Å². The van der Waals surface area contributed by atoms with Crippen molar-refractivity contribution in [3.63, 3.8) is 0 Å². The van der Waals surface area contributed by atoms with Gasteiger partial charge in [0.25, 0.3) is 0 Å². The summed E-state index contributed by atoms with van der Waals surface area (Å²) in [5.74, 6) is 0. The molecule has 0 aliphatic carbocycles. The Hall–Kier alpha value is -0.400. The Morgan fingerprint density at radius 1 is 1.75 bits per heavy atom. The molecule has 0 atom stereocenters. The minimum atomic E-state index is 0. The predicted molar refractivity (Wildman–Crippen MR) is 14.2 cm³/mol. The molecule has 0 heterocycles. The van der Waals surface area contributed by atoms with E-state index in [9.17, 15) is 0 Å². The van der Waals surface area contributed by atoms with E-state index < -0.39 is 0 Å². The molecule has 0 aromatic carbocycles. The molecule has 26 valence electrons. The molecule has 0 aliphatic rings. The predicted octanol–water partition coefficient (Wildman–Crippen LogP) is 0.358. The van der Waals surface area contributed by atoms with Crippen molar-refractivity contribution in [3.8, 4) is 0 Å². The minimum absolute atomic E-state index is 0. The highest BCUT2D eigenvalue weighted by Gasteiger charge is 1.24. The fourth-order valence-electron chi connectivity index (χ4n) is 0. The van der Waals surface area contributed by atoms with E-state index in [2.05, 4.69) is 0 Å². The smallest absolute Gasteiger partial charge is 0.116 e. The maximum absolute atomic E-state index is 8.81. The second-order valence-corrected chi connectivity index (χ2v) is 0.236. The lowest BCUT2D eigenvalue weighted by Gasteiger charge is -1.23. The van der Waals surface area contributed by atoms with Crippen molar-refractivity contribution in [2.45, 2.75) is 6.92 Å². The van der Waals surface area contributed by atoms with Gasteiger partial charge in [0.2, 0.25) is 0 Å². The van der Waals surface area contributed by atoms with E-state index in [1.807, 2.05) is 0 Å². The van der Waals surface area contributed by atoms with Gasteiger partial charge in [-0.2, -0.15) is 0 Å². The van der Waals surface area contributed by atoms with Crippen LogP contribution in [0.15, 0.2) is 0 Å². The number of aldehydes is 1. The third kappa shape index (κ3) is 3.60. The molecule has 0 radical (unpaired) electrons. The molecule has 0 bridgehead atoms. The quantitative estimate of drug-likeness (QED) is 0.371. The van der Waals surface area contributed by atoms with E-state index in [1.165, 1.54) is 6.92 Å². The SMILES string of the molecule is CC=O.F. The molecule has 0 saturated heterocycles. The van der Waals surface area contributed by atoms with E-state index in [0.717, 1.165) is 6.29 Å². The van der Waals surface area contributed by atoms with Crippen LogP contribution in [0.3, 0.4) is 0 Å². The van der Waals surface area contributed by atoms with Crippen molar-refractivity contribution in [3.05, 3.63) is 0 Å². The monoisotopic (exact) mass is 64.0 g/mol. The molecule has 0 rings (SSSR count). The van der Waals surface area contributed by atoms with Gasteiger partial charge in [-0.3, -0.25) is 4.70 Å². The van der Waals surface area contributed by atoms with Gasteiger partial charge in [0, 0.05) is 0 Å². The Labute approximate surface area is 24.0 Å². The van der Waals surface area contributed by atoms with Crippen molar-refractivity contribution in [1.82, 2.24) is 0 Å². The maximum Gasteiger partial charge on any atom is 0.116 e. The second-order valence-electron chi connectivity index (χ2n) is 0.236. The van der Waals surface area contributed by atoms with E-state index >= 15 is 0 Å². The molecule has 0 saturated carbocycles. The number of halogens is 1. The third-order valence-electron chi connectivity index (χ3n) is 0. The van der Waals surface area contributed by atoms with Gasteiger partial charge in [0.15, 0.2) is 0 Å². The highest BCUT2D eigenvalue weighted by Crippen LogP contribution is 1.13. The van der Waals surface area contributed by atoms with Crippen molar-refractivity contribution < 1.29 is 9.50 Å². The molecule has 1 nitrogen and oxygen atoms in total. The van der Waals surface area contributed by atoms with Gasteiger partial charge in [-0.15, -0.1) is 0 Å². The lowest BCUT2D eigenvalue weighted by molar-refractivity contribution is -0.106. The van der Waals surface area contributed by atoms with E-state index in [-0.39, 0.29) is 4.70 Å². The molecule has 0 unspecified atom stereocenters. The van der Waals surface area contributed by atoms with Gasteiger partial charge < -0.3 is 4.79 Å². The Morgan fingerprint density at radius 2 is 1.75 bits per heavy atom. The summed E-state index contributed by atoms with van der Waals surface area (Å²) in [5, 5.41) is 0. The first-order chi connectivity index (χ1) is 1.41. The summed E-state index contributed by atoms with van der Waals surface area (Å²) in [5.41, 5.74) is 0. The Bertz CT molecular complexity index is 13.5. The van der Waals surface area contributed by atoms with Crippen LogP contribution in [-0.4, -0.2) is 6.29 Å². The average molecular weight is 64.1 g/mol. The fraction of sp³-hybridized carbons (Fsp3) is 0.500. The molecule has 0 N–H and O–H groups in total. The van der Waals surface area contributed by atoms with Crippen LogP contribution >= 0.6 is 0 Å². The minimum Gasteiger partial charge on any atom is -0.304 e. The van der Waals surface area contributed by atoms with E-state index in [1.54, 1.807) is 0 Å². The van der Waals surface area contributed by atoms with Gasteiger partial charge in [-0.25, -0.2) is 0 Å². The van der Waals surface area contributed by atoms with E-state index in [4.69, 9.17) is 4.79 Å². The number of carbonyl (C=O) groups is 1. The molecule has 0 fully saturated rings.